The fourth-order valence-corrected chi connectivity index (χ4v) is 1.77. The number of hydrogen-bond acceptors (Lipinski definition) is 2. The van der Waals surface area contributed by atoms with Gasteiger partial charge < -0.3 is 9.84 Å². The molecular weight excluding hydrogens is 200 g/mol. The van der Waals surface area contributed by atoms with Gasteiger partial charge in [-0.15, -0.1) is 0 Å². The highest BCUT2D eigenvalue weighted by atomic mass is 16.5. The summed E-state index contributed by atoms with van der Waals surface area (Å²) in [6.45, 7) is 8.29. The molecule has 1 atom stereocenters. The van der Waals surface area contributed by atoms with E-state index >= 15 is 0 Å². The normalized spacial score (nSPS) is 13.2. The molecule has 0 aromatic heterocycles. The van der Waals surface area contributed by atoms with Gasteiger partial charge in [-0.1, -0.05) is 33.8 Å². The molecule has 90 valence electrons. The van der Waals surface area contributed by atoms with Crippen molar-refractivity contribution in [1.29, 1.82) is 0 Å². The van der Waals surface area contributed by atoms with Gasteiger partial charge >= 0.3 is 0 Å². The van der Waals surface area contributed by atoms with Crippen molar-refractivity contribution in [3.63, 3.8) is 0 Å². The monoisotopic (exact) mass is 222 g/mol. The summed E-state index contributed by atoms with van der Waals surface area (Å²) in [5.74, 6) is 1.53. The Kier molecular flexibility index (Phi) is 4.36. The SMILES string of the molecule is COc1ccc(C(O)C(C)C)cc1C(C)C. The van der Waals surface area contributed by atoms with E-state index in [4.69, 9.17) is 4.74 Å². The largest absolute Gasteiger partial charge is 0.496 e. The molecule has 0 bridgehead atoms. The number of aliphatic hydroxyl groups excluding tert-OH is 1. The van der Waals surface area contributed by atoms with Crippen LogP contribution in [0.4, 0.5) is 0 Å². The van der Waals surface area contributed by atoms with Crippen LogP contribution >= 0.6 is 0 Å². The number of benzene rings is 1. The van der Waals surface area contributed by atoms with Crippen molar-refractivity contribution in [2.45, 2.75) is 39.7 Å². The molecule has 0 aliphatic carbocycles. The van der Waals surface area contributed by atoms with Crippen molar-refractivity contribution in [2.24, 2.45) is 5.92 Å². The summed E-state index contributed by atoms with van der Waals surface area (Å²) >= 11 is 0. The van der Waals surface area contributed by atoms with Crippen LogP contribution in [0.1, 0.15) is 50.8 Å². The Hall–Kier alpha value is -1.02. The Bertz CT molecular complexity index is 343. The van der Waals surface area contributed by atoms with E-state index in [1.165, 1.54) is 0 Å². The number of methoxy groups -OCH3 is 1. The van der Waals surface area contributed by atoms with Gasteiger partial charge in [0.05, 0.1) is 13.2 Å². The number of aliphatic hydroxyl groups is 1. The molecule has 2 heteroatoms. The zero-order valence-corrected chi connectivity index (χ0v) is 10.8. The Morgan fingerprint density at radius 2 is 1.75 bits per heavy atom. The van der Waals surface area contributed by atoms with E-state index in [0.29, 0.717) is 5.92 Å². The minimum Gasteiger partial charge on any atom is -0.496 e. The summed E-state index contributed by atoms with van der Waals surface area (Å²) < 4.78 is 5.32. The zero-order valence-electron chi connectivity index (χ0n) is 10.8. The molecule has 0 fully saturated rings. The first-order valence-corrected chi connectivity index (χ1v) is 5.83. The quantitative estimate of drug-likeness (QED) is 0.844. The lowest BCUT2D eigenvalue weighted by atomic mass is 9.93. The molecular formula is C14H22O2. The third kappa shape index (κ3) is 2.76. The van der Waals surface area contributed by atoms with Gasteiger partial charge in [0.1, 0.15) is 5.75 Å². The van der Waals surface area contributed by atoms with Gasteiger partial charge in [-0.25, -0.2) is 0 Å². The van der Waals surface area contributed by atoms with Crippen LogP contribution in [0, 0.1) is 5.92 Å². The minimum atomic E-state index is -0.400. The van der Waals surface area contributed by atoms with Gasteiger partial charge in [-0.3, -0.25) is 0 Å². The molecule has 1 rings (SSSR count). The molecule has 1 N–H and O–H groups in total. The van der Waals surface area contributed by atoms with Gasteiger partial charge in [0.25, 0.3) is 0 Å². The molecule has 1 aromatic rings. The van der Waals surface area contributed by atoms with E-state index in [1.54, 1.807) is 7.11 Å². The summed E-state index contributed by atoms with van der Waals surface area (Å²) in [6.07, 6.45) is -0.400. The van der Waals surface area contributed by atoms with E-state index < -0.39 is 6.10 Å². The van der Waals surface area contributed by atoms with E-state index in [9.17, 15) is 5.11 Å². The van der Waals surface area contributed by atoms with Crippen molar-refractivity contribution in [1.82, 2.24) is 0 Å². The molecule has 0 spiro atoms. The number of hydrogen-bond donors (Lipinski definition) is 1. The molecule has 2 nitrogen and oxygen atoms in total. The first-order valence-electron chi connectivity index (χ1n) is 5.83. The molecule has 1 unspecified atom stereocenters. The molecule has 16 heavy (non-hydrogen) atoms. The van der Waals surface area contributed by atoms with Crippen LogP contribution in [0.5, 0.6) is 5.75 Å². The maximum atomic E-state index is 10.0. The summed E-state index contributed by atoms with van der Waals surface area (Å²) in [4.78, 5) is 0. The maximum Gasteiger partial charge on any atom is 0.122 e. The summed E-state index contributed by atoms with van der Waals surface area (Å²) in [5.41, 5.74) is 2.12. The fraction of sp³-hybridized carbons (Fsp3) is 0.571. The van der Waals surface area contributed by atoms with Gasteiger partial charge in [0, 0.05) is 0 Å². The van der Waals surface area contributed by atoms with E-state index in [1.807, 2.05) is 32.0 Å². The highest BCUT2D eigenvalue weighted by molar-refractivity contribution is 5.40. The molecule has 1 aromatic carbocycles. The molecule has 0 saturated heterocycles. The average molecular weight is 222 g/mol. The fourth-order valence-electron chi connectivity index (χ4n) is 1.77. The second-order valence-corrected chi connectivity index (χ2v) is 4.84. The van der Waals surface area contributed by atoms with Crippen molar-refractivity contribution in [2.75, 3.05) is 7.11 Å². The molecule has 0 amide bonds. The van der Waals surface area contributed by atoms with Crippen molar-refractivity contribution >= 4 is 0 Å². The third-order valence-electron chi connectivity index (χ3n) is 2.85. The van der Waals surface area contributed by atoms with Crippen LogP contribution in [-0.4, -0.2) is 12.2 Å². The standard InChI is InChI=1S/C14H22O2/c1-9(2)12-8-11(14(15)10(3)4)6-7-13(12)16-5/h6-10,14-15H,1-5H3. The predicted octanol–water partition coefficient (Wildman–Crippen LogP) is 3.51. The zero-order chi connectivity index (χ0) is 12.3. The van der Waals surface area contributed by atoms with Crippen LogP contribution in [0.15, 0.2) is 18.2 Å². The molecule has 0 saturated carbocycles. The Labute approximate surface area is 98.3 Å². The topological polar surface area (TPSA) is 29.5 Å². The van der Waals surface area contributed by atoms with Gasteiger partial charge in [-0.2, -0.15) is 0 Å². The van der Waals surface area contributed by atoms with E-state index in [2.05, 4.69) is 13.8 Å². The minimum absolute atomic E-state index is 0.230. The van der Waals surface area contributed by atoms with E-state index in [-0.39, 0.29) is 5.92 Å². The first-order chi connectivity index (χ1) is 7.47. The van der Waals surface area contributed by atoms with Gasteiger partial charge in [-0.05, 0) is 35.1 Å². The Morgan fingerprint density at radius 1 is 1.12 bits per heavy atom. The third-order valence-corrected chi connectivity index (χ3v) is 2.85. The van der Waals surface area contributed by atoms with Gasteiger partial charge in [0.2, 0.25) is 0 Å². The summed E-state index contributed by atoms with van der Waals surface area (Å²) in [7, 11) is 1.68. The average Bonchev–Trinajstić information content (AvgIpc) is 2.26. The molecule has 0 aliphatic heterocycles. The Morgan fingerprint density at radius 3 is 2.19 bits per heavy atom. The second-order valence-electron chi connectivity index (χ2n) is 4.84. The number of ether oxygens (including phenoxy) is 1. The highest BCUT2D eigenvalue weighted by Crippen LogP contribution is 2.31. The van der Waals surface area contributed by atoms with Crippen molar-refractivity contribution in [3.8, 4) is 5.75 Å². The molecule has 0 aliphatic rings. The smallest absolute Gasteiger partial charge is 0.122 e. The predicted molar refractivity (Wildman–Crippen MR) is 66.9 cm³/mol. The lowest BCUT2D eigenvalue weighted by molar-refractivity contribution is 0.127. The molecule has 0 heterocycles. The lowest BCUT2D eigenvalue weighted by Crippen LogP contribution is -2.06. The highest BCUT2D eigenvalue weighted by Gasteiger charge is 2.15. The van der Waals surface area contributed by atoms with Crippen LogP contribution in [0.3, 0.4) is 0 Å². The van der Waals surface area contributed by atoms with E-state index in [0.717, 1.165) is 16.9 Å². The summed E-state index contributed by atoms with van der Waals surface area (Å²) in [6, 6.07) is 5.93. The summed E-state index contributed by atoms with van der Waals surface area (Å²) in [5, 5.41) is 10.0. The lowest BCUT2D eigenvalue weighted by Gasteiger charge is -2.18. The van der Waals surface area contributed by atoms with Crippen molar-refractivity contribution in [3.05, 3.63) is 29.3 Å². The van der Waals surface area contributed by atoms with Crippen molar-refractivity contribution < 1.29 is 9.84 Å². The number of rotatable bonds is 4. The first kappa shape index (κ1) is 13.0. The second kappa shape index (κ2) is 5.35. The van der Waals surface area contributed by atoms with Crippen LogP contribution in [-0.2, 0) is 0 Å². The van der Waals surface area contributed by atoms with Crippen LogP contribution in [0.2, 0.25) is 0 Å². The molecule has 0 radical (unpaired) electrons. The van der Waals surface area contributed by atoms with Crippen LogP contribution < -0.4 is 4.74 Å². The maximum absolute atomic E-state index is 10.0. The van der Waals surface area contributed by atoms with Gasteiger partial charge in [0.15, 0.2) is 0 Å². The van der Waals surface area contributed by atoms with Crippen LogP contribution in [0.25, 0.3) is 0 Å². The Balaban J connectivity index is 3.11.